The normalized spacial score (nSPS) is 22.7. The zero-order valence-electron chi connectivity index (χ0n) is 15.7. The maximum absolute atomic E-state index is 12.6. The summed E-state index contributed by atoms with van der Waals surface area (Å²) >= 11 is 6.37. The second-order valence-corrected chi connectivity index (χ2v) is 8.28. The number of benzene rings is 2. The number of anilines is 1. The molecule has 1 aliphatic carbocycles. The smallest absolute Gasteiger partial charge is 0.317 e. The Morgan fingerprint density at radius 2 is 1.85 bits per heavy atom. The number of hydrogen-bond acceptors (Lipinski definition) is 1. The summed E-state index contributed by atoms with van der Waals surface area (Å²) in [5, 5.41) is 3.77. The number of rotatable bonds is 4. The van der Waals surface area contributed by atoms with E-state index in [4.69, 9.17) is 11.6 Å². The van der Waals surface area contributed by atoms with Crippen molar-refractivity contribution in [3.8, 4) is 0 Å². The first kappa shape index (κ1) is 18.4. The molecule has 0 spiro atoms. The largest absolute Gasteiger partial charge is 0.322 e. The molecule has 2 aromatic rings. The molecule has 2 unspecified atom stereocenters. The number of carbonyl (C=O) groups excluding carboxylic acids is 1. The highest BCUT2D eigenvalue weighted by Gasteiger charge is 2.31. The summed E-state index contributed by atoms with van der Waals surface area (Å²) in [4.78, 5) is 14.7. The molecule has 2 aromatic carbocycles. The molecular formula is C23H27ClN2O. The van der Waals surface area contributed by atoms with Crippen LogP contribution < -0.4 is 5.32 Å². The van der Waals surface area contributed by atoms with Crippen molar-refractivity contribution < 1.29 is 4.79 Å². The highest BCUT2D eigenvalue weighted by atomic mass is 35.5. The van der Waals surface area contributed by atoms with E-state index in [9.17, 15) is 4.79 Å². The minimum atomic E-state index is 0.0255. The second-order valence-electron chi connectivity index (χ2n) is 7.88. The number of nitrogens with one attached hydrogen (secondary N) is 1. The summed E-state index contributed by atoms with van der Waals surface area (Å²) in [7, 11) is 0. The first-order valence-electron chi connectivity index (χ1n) is 10.1. The van der Waals surface area contributed by atoms with Crippen LogP contribution in [0, 0.1) is 5.92 Å². The molecule has 2 amide bonds. The van der Waals surface area contributed by atoms with Crippen LogP contribution in [0.15, 0.2) is 48.5 Å². The Labute approximate surface area is 166 Å². The average molecular weight is 383 g/mol. The summed E-state index contributed by atoms with van der Waals surface area (Å²) in [5.74, 6) is 0.763. The van der Waals surface area contributed by atoms with Gasteiger partial charge in [0.25, 0.3) is 0 Å². The van der Waals surface area contributed by atoms with E-state index in [-0.39, 0.29) is 6.03 Å². The van der Waals surface area contributed by atoms with Crippen LogP contribution in [0.2, 0.25) is 5.02 Å². The average Bonchev–Trinajstić information content (AvgIpc) is 2.93. The lowest BCUT2D eigenvalue weighted by Crippen LogP contribution is -2.45. The number of fused-ring (bicyclic) bond motifs is 1. The third-order valence-electron chi connectivity index (χ3n) is 6.13. The molecule has 1 saturated carbocycles. The van der Waals surface area contributed by atoms with Gasteiger partial charge < -0.3 is 10.2 Å². The van der Waals surface area contributed by atoms with Gasteiger partial charge >= 0.3 is 6.03 Å². The molecule has 27 heavy (non-hydrogen) atoms. The molecule has 0 saturated heterocycles. The van der Waals surface area contributed by atoms with Crippen molar-refractivity contribution in [2.45, 2.75) is 57.5 Å². The van der Waals surface area contributed by atoms with Gasteiger partial charge in [-0.2, -0.15) is 0 Å². The molecule has 0 bridgehead atoms. The van der Waals surface area contributed by atoms with E-state index in [1.54, 1.807) is 0 Å². The number of nitrogens with zero attached hydrogens (tertiary/aromatic N) is 1. The van der Waals surface area contributed by atoms with E-state index in [1.165, 1.54) is 31.2 Å². The molecule has 142 valence electrons. The third-order valence-corrected chi connectivity index (χ3v) is 6.49. The molecule has 4 heteroatoms. The predicted octanol–water partition coefficient (Wildman–Crippen LogP) is 6.27. The lowest BCUT2D eigenvalue weighted by atomic mass is 9.93. The van der Waals surface area contributed by atoms with Crippen LogP contribution in [-0.2, 0) is 13.0 Å². The number of carbonyl (C=O) groups is 1. The van der Waals surface area contributed by atoms with Crippen molar-refractivity contribution in [1.29, 1.82) is 0 Å². The van der Waals surface area contributed by atoms with Crippen LogP contribution in [0.1, 0.15) is 49.7 Å². The van der Waals surface area contributed by atoms with Gasteiger partial charge in [0.2, 0.25) is 0 Å². The van der Waals surface area contributed by atoms with Crippen molar-refractivity contribution >= 4 is 23.3 Å². The molecular weight excluding hydrogens is 356 g/mol. The van der Waals surface area contributed by atoms with Gasteiger partial charge in [-0.3, -0.25) is 0 Å². The Hall–Kier alpha value is -2.00. The van der Waals surface area contributed by atoms with E-state index in [0.717, 1.165) is 41.5 Å². The van der Waals surface area contributed by atoms with Gasteiger partial charge in [-0.25, -0.2) is 4.79 Å². The third kappa shape index (κ3) is 4.30. The molecule has 1 N–H and O–H groups in total. The minimum Gasteiger partial charge on any atom is -0.317 e. The van der Waals surface area contributed by atoms with E-state index < -0.39 is 0 Å². The maximum Gasteiger partial charge on any atom is 0.322 e. The molecule has 1 fully saturated rings. The van der Waals surface area contributed by atoms with Crippen LogP contribution in [0.4, 0.5) is 10.5 Å². The van der Waals surface area contributed by atoms with Crippen LogP contribution >= 0.6 is 11.6 Å². The van der Waals surface area contributed by atoms with Crippen LogP contribution in [0.25, 0.3) is 0 Å². The van der Waals surface area contributed by atoms with E-state index in [1.807, 2.05) is 23.1 Å². The number of urea groups is 1. The summed E-state index contributed by atoms with van der Waals surface area (Å²) in [6.07, 6.45) is 8.26. The van der Waals surface area contributed by atoms with Crippen molar-refractivity contribution in [3.63, 3.8) is 0 Å². The minimum absolute atomic E-state index is 0.0255. The lowest BCUT2D eigenvalue weighted by molar-refractivity contribution is 0.172. The van der Waals surface area contributed by atoms with Gasteiger partial charge in [-0.1, -0.05) is 60.8 Å². The Morgan fingerprint density at radius 3 is 2.70 bits per heavy atom. The van der Waals surface area contributed by atoms with E-state index in [0.29, 0.717) is 12.6 Å². The zero-order chi connectivity index (χ0) is 18.6. The van der Waals surface area contributed by atoms with Crippen LogP contribution in [0.3, 0.4) is 0 Å². The molecule has 0 radical (unpaired) electrons. The monoisotopic (exact) mass is 382 g/mol. The molecule has 2 aliphatic rings. The van der Waals surface area contributed by atoms with E-state index in [2.05, 4.69) is 35.6 Å². The summed E-state index contributed by atoms with van der Waals surface area (Å²) in [6, 6.07) is 16.8. The maximum atomic E-state index is 12.6. The van der Waals surface area contributed by atoms with Gasteiger partial charge in [0.1, 0.15) is 0 Å². The standard InChI is InChI=1S/C23H27ClN2O/c24-21-10-5-11-22-20(21)16-26(23(27)25-22)19-9-4-8-18(14-15-19)13-12-17-6-2-1-3-7-17/h1-3,5-7,10-11,18-19H,4,8-9,12-16H2,(H,25,27). The molecule has 1 heterocycles. The van der Waals surface area contributed by atoms with Gasteiger partial charge in [-0.15, -0.1) is 0 Å². The fourth-order valence-electron chi connectivity index (χ4n) is 4.54. The molecule has 4 rings (SSSR count). The quantitative estimate of drug-likeness (QED) is 0.621. The fourth-order valence-corrected chi connectivity index (χ4v) is 4.77. The van der Waals surface area contributed by atoms with Crippen molar-refractivity contribution in [2.24, 2.45) is 5.92 Å². The first-order valence-corrected chi connectivity index (χ1v) is 10.5. The van der Waals surface area contributed by atoms with Gasteiger partial charge in [0.15, 0.2) is 0 Å². The number of halogens is 1. The summed E-state index contributed by atoms with van der Waals surface area (Å²) < 4.78 is 0. The molecule has 3 nitrogen and oxygen atoms in total. The van der Waals surface area contributed by atoms with Crippen molar-refractivity contribution in [1.82, 2.24) is 4.90 Å². The predicted molar refractivity (Wildman–Crippen MR) is 111 cm³/mol. The highest BCUT2D eigenvalue weighted by molar-refractivity contribution is 6.32. The van der Waals surface area contributed by atoms with Gasteiger partial charge in [0, 0.05) is 22.3 Å². The first-order chi connectivity index (χ1) is 13.2. The van der Waals surface area contributed by atoms with Crippen molar-refractivity contribution in [2.75, 3.05) is 5.32 Å². The summed E-state index contributed by atoms with van der Waals surface area (Å²) in [6.45, 7) is 0.625. The van der Waals surface area contributed by atoms with Crippen LogP contribution in [-0.4, -0.2) is 17.0 Å². The van der Waals surface area contributed by atoms with Crippen molar-refractivity contribution in [3.05, 3.63) is 64.7 Å². The van der Waals surface area contributed by atoms with Gasteiger partial charge in [0.05, 0.1) is 6.54 Å². The zero-order valence-corrected chi connectivity index (χ0v) is 16.4. The van der Waals surface area contributed by atoms with E-state index >= 15 is 0 Å². The SMILES string of the molecule is O=C1Nc2cccc(Cl)c2CN1C1CCCC(CCc2ccccc2)CC1. The Morgan fingerprint density at radius 1 is 1.00 bits per heavy atom. The number of amides is 2. The number of aryl methyl sites for hydroxylation is 1. The lowest BCUT2D eigenvalue weighted by Gasteiger charge is -2.36. The molecule has 0 aromatic heterocycles. The Bertz CT molecular complexity index is 792. The Balaban J connectivity index is 1.37. The fraction of sp³-hybridized carbons (Fsp3) is 0.435. The topological polar surface area (TPSA) is 32.3 Å². The highest BCUT2D eigenvalue weighted by Crippen LogP contribution is 2.35. The molecule has 1 aliphatic heterocycles. The molecule has 2 atom stereocenters. The van der Waals surface area contributed by atoms with Gasteiger partial charge in [-0.05, 0) is 55.7 Å². The van der Waals surface area contributed by atoms with Crippen LogP contribution in [0.5, 0.6) is 0 Å². The Kier molecular flexibility index (Phi) is 5.68. The second kappa shape index (κ2) is 8.35. The summed E-state index contributed by atoms with van der Waals surface area (Å²) in [5.41, 5.74) is 3.33. The number of hydrogen-bond donors (Lipinski definition) is 1.